The minimum Gasteiger partial charge on any atom is -0.508 e. The molecule has 3 rings (SSSR count). The van der Waals surface area contributed by atoms with E-state index in [2.05, 4.69) is 9.97 Å². The van der Waals surface area contributed by atoms with Gasteiger partial charge in [0.1, 0.15) is 16.5 Å². The molecule has 0 saturated heterocycles. The Morgan fingerprint density at radius 1 is 1.27 bits per heavy atom. The highest BCUT2D eigenvalue weighted by atomic mass is 32.2. The van der Waals surface area contributed by atoms with Gasteiger partial charge in [0.25, 0.3) is 5.91 Å². The lowest BCUT2D eigenvalue weighted by Crippen LogP contribution is -2.21. The van der Waals surface area contributed by atoms with Crippen molar-refractivity contribution in [2.45, 2.75) is 16.8 Å². The number of nitrogens with one attached hydrogen (secondary N) is 1. The number of carbonyl (C=O) groups excluding carboxylic acids is 2. The first-order valence-corrected chi connectivity index (χ1v) is 8.67. The lowest BCUT2D eigenvalue weighted by Gasteiger charge is -2.13. The van der Waals surface area contributed by atoms with Crippen LogP contribution in [0.4, 0.5) is 0 Å². The number of aromatic amines is 1. The number of primary amides is 1. The standard InChI is InChI=1S/C18H17N3O4S/c1-25-17(24)14(9-10-5-7-11(22)8-6-10)26-18-20-13-4-2-3-12(16(19)23)15(13)21-18/h2-8,14,22H,9H2,1H3,(H2,19,23)(H,20,21). The Labute approximate surface area is 153 Å². The third kappa shape index (κ3) is 3.80. The van der Waals surface area contributed by atoms with Gasteiger partial charge in [-0.1, -0.05) is 30.0 Å². The Balaban J connectivity index is 1.88. The maximum Gasteiger partial charge on any atom is 0.319 e. The number of benzene rings is 2. The van der Waals surface area contributed by atoms with Crippen LogP contribution in [0.2, 0.25) is 0 Å². The molecule has 3 aromatic rings. The van der Waals surface area contributed by atoms with Crippen molar-refractivity contribution in [2.75, 3.05) is 7.11 Å². The summed E-state index contributed by atoms with van der Waals surface area (Å²) in [5, 5.41) is 9.33. The number of ether oxygens (including phenoxy) is 1. The summed E-state index contributed by atoms with van der Waals surface area (Å²) in [7, 11) is 1.33. The number of para-hydroxylation sites is 1. The second kappa shape index (κ2) is 7.49. The lowest BCUT2D eigenvalue weighted by atomic mass is 10.1. The number of imidazole rings is 1. The first-order chi connectivity index (χ1) is 12.5. The molecule has 0 spiro atoms. The highest BCUT2D eigenvalue weighted by Gasteiger charge is 2.23. The quantitative estimate of drug-likeness (QED) is 0.452. The number of phenols is 1. The minimum atomic E-state index is -0.563. The molecule has 1 atom stereocenters. The highest BCUT2D eigenvalue weighted by Crippen LogP contribution is 2.28. The summed E-state index contributed by atoms with van der Waals surface area (Å²) in [5.41, 5.74) is 7.71. The number of rotatable bonds is 6. The average molecular weight is 371 g/mol. The largest absolute Gasteiger partial charge is 0.508 e. The fourth-order valence-corrected chi connectivity index (χ4v) is 3.60. The van der Waals surface area contributed by atoms with E-state index in [1.165, 1.54) is 18.9 Å². The Kier molecular flexibility index (Phi) is 5.13. The van der Waals surface area contributed by atoms with E-state index in [1.807, 2.05) is 0 Å². The fraction of sp³-hybridized carbons (Fsp3) is 0.167. The summed E-state index contributed by atoms with van der Waals surface area (Å²) in [5.74, 6) is -0.793. The Morgan fingerprint density at radius 2 is 2.00 bits per heavy atom. The number of H-pyrrole nitrogens is 1. The molecule has 0 fully saturated rings. The van der Waals surface area contributed by atoms with Gasteiger partial charge in [-0.15, -0.1) is 0 Å². The molecular weight excluding hydrogens is 354 g/mol. The number of thioether (sulfide) groups is 1. The third-order valence-electron chi connectivity index (χ3n) is 3.83. The van der Waals surface area contributed by atoms with Crippen LogP contribution in [0.5, 0.6) is 5.75 Å². The summed E-state index contributed by atoms with van der Waals surface area (Å²) < 4.78 is 4.89. The number of amides is 1. The van der Waals surface area contributed by atoms with Gasteiger partial charge in [-0.3, -0.25) is 9.59 Å². The van der Waals surface area contributed by atoms with Gasteiger partial charge in [0.05, 0.1) is 18.2 Å². The van der Waals surface area contributed by atoms with Crippen LogP contribution in [0.1, 0.15) is 15.9 Å². The number of hydrogen-bond donors (Lipinski definition) is 3. The summed E-state index contributed by atoms with van der Waals surface area (Å²) in [6, 6.07) is 11.7. The van der Waals surface area contributed by atoms with Gasteiger partial charge in [0, 0.05) is 0 Å². The minimum absolute atomic E-state index is 0.160. The van der Waals surface area contributed by atoms with Gasteiger partial charge in [0.2, 0.25) is 0 Å². The van der Waals surface area contributed by atoms with Crippen molar-refractivity contribution in [3.63, 3.8) is 0 Å². The highest BCUT2D eigenvalue weighted by molar-refractivity contribution is 8.00. The number of carbonyl (C=O) groups is 2. The molecule has 1 heterocycles. The van der Waals surface area contributed by atoms with Gasteiger partial charge in [-0.05, 0) is 36.2 Å². The van der Waals surface area contributed by atoms with E-state index in [1.54, 1.807) is 42.5 Å². The molecule has 0 saturated carbocycles. The van der Waals surface area contributed by atoms with Gasteiger partial charge in [0.15, 0.2) is 5.16 Å². The van der Waals surface area contributed by atoms with Crippen LogP contribution in [0.3, 0.4) is 0 Å². The average Bonchev–Trinajstić information content (AvgIpc) is 3.04. The topological polar surface area (TPSA) is 118 Å². The SMILES string of the molecule is COC(=O)C(Cc1ccc(O)cc1)Sc1nc2c(C(N)=O)cccc2[nH]1. The zero-order chi connectivity index (χ0) is 18.7. The predicted molar refractivity (Wildman–Crippen MR) is 98.1 cm³/mol. The molecule has 7 nitrogen and oxygen atoms in total. The number of nitrogens with zero attached hydrogens (tertiary/aromatic N) is 1. The van der Waals surface area contributed by atoms with Crippen LogP contribution >= 0.6 is 11.8 Å². The van der Waals surface area contributed by atoms with E-state index < -0.39 is 17.1 Å². The van der Waals surface area contributed by atoms with Crippen molar-refractivity contribution < 1.29 is 19.4 Å². The van der Waals surface area contributed by atoms with Gasteiger partial charge < -0.3 is 20.6 Å². The molecule has 0 aliphatic heterocycles. The van der Waals surface area contributed by atoms with Gasteiger partial charge in [-0.2, -0.15) is 0 Å². The fourth-order valence-electron chi connectivity index (χ4n) is 2.55. The van der Waals surface area contributed by atoms with E-state index in [0.717, 1.165) is 5.56 Å². The molecule has 8 heteroatoms. The number of methoxy groups -OCH3 is 1. The summed E-state index contributed by atoms with van der Waals surface area (Å²) in [6.45, 7) is 0. The van der Waals surface area contributed by atoms with E-state index in [4.69, 9.17) is 10.5 Å². The van der Waals surface area contributed by atoms with Crippen molar-refractivity contribution in [1.29, 1.82) is 0 Å². The summed E-state index contributed by atoms with van der Waals surface area (Å²) in [6.07, 6.45) is 0.400. The summed E-state index contributed by atoms with van der Waals surface area (Å²) in [4.78, 5) is 31.2. The van der Waals surface area contributed by atoms with Gasteiger partial charge in [-0.25, -0.2) is 4.98 Å². The molecule has 134 valence electrons. The zero-order valence-electron chi connectivity index (χ0n) is 13.9. The molecule has 0 aliphatic rings. The molecule has 26 heavy (non-hydrogen) atoms. The maximum atomic E-state index is 12.2. The summed E-state index contributed by atoms with van der Waals surface area (Å²) >= 11 is 1.21. The van der Waals surface area contributed by atoms with Crippen LogP contribution in [0.15, 0.2) is 47.6 Å². The van der Waals surface area contributed by atoms with Crippen molar-refractivity contribution in [2.24, 2.45) is 5.73 Å². The van der Waals surface area contributed by atoms with Crippen LogP contribution in [-0.2, 0) is 16.0 Å². The predicted octanol–water partition coefficient (Wildman–Crippen LogP) is 2.24. The number of nitrogens with two attached hydrogens (primary N) is 1. The molecular formula is C18H17N3O4S. The van der Waals surface area contributed by atoms with Gasteiger partial charge >= 0.3 is 5.97 Å². The first kappa shape index (κ1) is 17.8. The van der Waals surface area contributed by atoms with Crippen LogP contribution < -0.4 is 5.73 Å². The smallest absolute Gasteiger partial charge is 0.319 e. The number of esters is 1. The Hall–Kier alpha value is -3.00. The van der Waals surface area contributed by atoms with E-state index >= 15 is 0 Å². The van der Waals surface area contributed by atoms with Crippen molar-refractivity contribution in [3.05, 3.63) is 53.6 Å². The van der Waals surface area contributed by atoms with Crippen LogP contribution in [0.25, 0.3) is 11.0 Å². The number of aromatic hydroxyl groups is 1. The van der Waals surface area contributed by atoms with E-state index in [0.29, 0.717) is 28.2 Å². The molecule has 1 aromatic heterocycles. The molecule has 2 aromatic carbocycles. The first-order valence-electron chi connectivity index (χ1n) is 7.79. The zero-order valence-corrected chi connectivity index (χ0v) is 14.7. The lowest BCUT2D eigenvalue weighted by molar-refractivity contribution is -0.139. The molecule has 4 N–H and O–H groups in total. The van der Waals surface area contributed by atoms with Crippen molar-refractivity contribution >= 4 is 34.7 Å². The molecule has 0 radical (unpaired) electrons. The molecule has 1 amide bonds. The van der Waals surface area contributed by atoms with Crippen molar-refractivity contribution in [3.8, 4) is 5.75 Å². The normalized spacial score (nSPS) is 12.0. The maximum absolute atomic E-state index is 12.2. The number of fused-ring (bicyclic) bond motifs is 1. The Morgan fingerprint density at radius 3 is 2.65 bits per heavy atom. The molecule has 1 unspecified atom stereocenters. The number of hydrogen-bond acceptors (Lipinski definition) is 6. The van der Waals surface area contributed by atoms with E-state index in [-0.39, 0.29) is 5.75 Å². The number of aromatic nitrogens is 2. The molecule has 0 bridgehead atoms. The Bertz CT molecular complexity index is 953. The van der Waals surface area contributed by atoms with Crippen molar-refractivity contribution in [1.82, 2.24) is 9.97 Å². The number of phenolic OH excluding ortho intramolecular Hbond substituents is 1. The monoisotopic (exact) mass is 371 g/mol. The van der Waals surface area contributed by atoms with Crippen LogP contribution in [0, 0.1) is 0 Å². The van der Waals surface area contributed by atoms with Crippen LogP contribution in [-0.4, -0.2) is 39.3 Å². The van der Waals surface area contributed by atoms with E-state index in [9.17, 15) is 14.7 Å². The second-order valence-electron chi connectivity index (χ2n) is 5.61. The third-order valence-corrected chi connectivity index (χ3v) is 4.89. The second-order valence-corrected chi connectivity index (χ2v) is 6.80. The molecule has 0 aliphatic carbocycles.